The highest BCUT2D eigenvalue weighted by Crippen LogP contribution is 2.22. The monoisotopic (exact) mass is 260 g/mol. The van der Waals surface area contributed by atoms with Crippen LogP contribution in [0.25, 0.3) is 0 Å². The Balaban J connectivity index is 2.08. The van der Waals surface area contributed by atoms with E-state index < -0.39 is 9.84 Å². The molecule has 0 radical (unpaired) electrons. The van der Waals surface area contributed by atoms with Gasteiger partial charge in [0, 0.05) is 30.2 Å². The van der Waals surface area contributed by atoms with E-state index in [0.29, 0.717) is 6.54 Å². The first kappa shape index (κ1) is 12.0. The summed E-state index contributed by atoms with van der Waals surface area (Å²) in [6, 6.07) is 0.0841. The summed E-state index contributed by atoms with van der Waals surface area (Å²) in [5.74, 6) is 0.275. The van der Waals surface area contributed by atoms with Gasteiger partial charge in [0.15, 0.2) is 9.84 Å². The van der Waals surface area contributed by atoms with Gasteiger partial charge < -0.3 is 0 Å². The van der Waals surface area contributed by atoms with Crippen LogP contribution in [-0.2, 0) is 16.4 Å². The maximum atomic E-state index is 11.7. The average molecular weight is 260 g/mol. The Bertz CT molecular complexity index is 441. The van der Waals surface area contributed by atoms with Crippen LogP contribution < -0.4 is 0 Å². The zero-order chi connectivity index (χ0) is 11.8. The van der Waals surface area contributed by atoms with Crippen molar-refractivity contribution in [2.24, 2.45) is 0 Å². The van der Waals surface area contributed by atoms with Crippen molar-refractivity contribution in [3.05, 3.63) is 16.6 Å². The molecule has 2 atom stereocenters. The predicted octanol–water partition coefficient (Wildman–Crippen LogP) is 1.15. The van der Waals surface area contributed by atoms with Crippen molar-refractivity contribution in [3.63, 3.8) is 0 Å². The molecule has 2 rings (SSSR count). The normalized spacial score (nSPS) is 30.4. The minimum Gasteiger partial charge on any atom is -0.293 e. The van der Waals surface area contributed by atoms with Gasteiger partial charge in [0.2, 0.25) is 0 Å². The fourth-order valence-electron chi connectivity index (χ4n) is 1.97. The molecule has 0 N–H and O–H groups in total. The quantitative estimate of drug-likeness (QED) is 0.800. The number of hydrogen-bond acceptors (Lipinski definition) is 5. The van der Waals surface area contributed by atoms with E-state index in [1.54, 1.807) is 18.3 Å². The van der Waals surface area contributed by atoms with Gasteiger partial charge in [-0.05, 0) is 13.8 Å². The van der Waals surface area contributed by atoms with E-state index in [2.05, 4.69) is 9.88 Å². The second-order valence-corrected chi connectivity index (χ2v) is 7.70. The van der Waals surface area contributed by atoms with Gasteiger partial charge in [-0.15, -0.1) is 11.3 Å². The van der Waals surface area contributed by atoms with Crippen molar-refractivity contribution < 1.29 is 8.42 Å². The Morgan fingerprint density at radius 1 is 1.56 bits per heavy atom. The molecule has 0 saturated carbocycles. The Labute approximate surface area is 100 Å². The largest absolute Gasteiger partial charge is 0.293 e. The second kappa shape index (κ2) is 4.43. The molecule has 0 amide bonds. The molecule has 16 heavy (non-hydrogen) atoms. The first-order chi connectivity index (χ1) is 7.50. The maximum absolute atomic E-state index is 11.7. The minimum absolute atomic E-state index is 0.0841. The van der Waals surface area contributed by atoms with Crippen molar-refractivity contribution in [2.75, 3.05) is 12.3 Å². The molecular weight excluding hydrogens is 244 g/mol. The van der Waals surface area contributed by atoms with E-state index in [-0.39, 0.29) is 17.0 Å². The highest BCUT2D eigenvalue weighted by atomic mass is 32.2. The van der Waals surface area contributed by atoms with Crippen molar-refractivity contribution in [1.82, 2.24) is 9.88 Å². The smallest absolute Gasteiger partial charge is 0.155 e. The lowest BCUT2D eigenvalue weighted by Gasteiger charge is -2.37. The SMILES string of the molecule is CC1C(C)S(=O)(=O)CCN1Cc1cncs1. The number of hydrogen-bond donors (Lipinski definition) is 0. The summed E-state index contributed by atoms with van der Waals surface area (Å²) in [7, 11) is -2.88. The van der Waals surface area contributed by atoms with Crippen LogP contribution in [0.1, 0.15) is 18.7 Å². The van der Waals surface area contributed by atoms with Crippen LogP contribution in [0.2, 0.25) is 0 Å². The number of rotatable bonds is 2. The van der Waals surface area contributed by atoms with E-state index in [1.165, 1.54) is 4.88 Å². The third kappa shape index (κ3) is 2.28. The van der Waals surface area contributed by atoms with Gasteiger partial charge in [0.1, 0.15) is 0 Å². The molecular formula is C10H16N2O2S2. The lowest BCUT2D eigenvalue weighted by atomic mass is 10.2. The molecule has 1 saturated heterocycles. The summed E-state index contributed by atoms with van der Waals surface area (Å²) in [4.78, 5) is 7.45. The average Bonchev–Trinajstić information content (AvgIpc) is 2.72. The molecule has 1 aliphatic heterocycles. The van der Waals surface area contributed by atoms with Crippen LogP contribution in [0.15, 0.2) is 11.7 Å². The summed E-state index contributed by atoms with van der Waals surface area (Å²) in [5.41, 5.74) is 1.81. The van der Waals surface area contributed by atoms with Crippen LogP contribution in [0, 0.1) is 0 Å². The lowest BCUT2D eigenvalue weighted by Crippen LogP contribution is -2.51. The van der Waals surface area contributed by atoms with Gasteiger partial charge >= 0.3 is 0 Å². The molecule has 1 aromatic heterocycles. The molecule has 2 unspecified atom stereocenters. The van der Waals surface area contributed by atoms with Crippen LogP contribution in [-0.4, -0.2) is 41.9 Å². The lowest BCUT2D eigenvalue weighted by molar-refractivity contribution is 0.199. The van der Waals surface area contributed by atoms with Crippen LogP contribution in [0.4, 0.5) is 0 Å². The second-order valence-electron chi connectivity index (χ2n) is 4.25. The Kier molecular flexibility index (Phi) is 3.32. The summed E-state index contributed by atoms with van der Waals surface area (Å²) in [6.45, 7) is 5.23. The summed E-state index contributed by atoms with van der Waals surface area (Å²) in [5, 5.41) is -0.269. The van der Waals surface area contributed by atoms with Gasteiger partial charge in [-0.1, -0.05) is 0 Å². The van der Waals surface area contributed by atoms with Crippen molar-refractivity contribution in [1.29, 1.82) is 0 Å². The van der Waals surface area contributed by atoms with Gasteiger partial charge in [-0.3, -0.25) is 9.88 Å². The molecule has 90 valence electrons. The highest BCUT2D eigenvalue weighted by Gasteiger charge is 2.35. The predicted molar refractivity (Wildman–Crippen MR) is 65.2 cm³/mol. The Morgan fingerprint density at radius 2 is 2.31 bits per heavy atom. The fourth-order valence-corrected chi connectivity index (χ4v) is 4.23. The van der Waals surface area contributed by atoms with E-state index >= 15 is 0 Å². The summed E-state index contributed by atoms with van der Waals surface area (Å²) in [6.07, 6.45) is 1.85. The highest BCUT2D eigenvalue weighted by molar-refractivity contribution is 7.92. The van der Waals surface area contributed by atoms with Crippen molar-refractivity contribution in [2.45, 2.75) is 31.7 Å². The molecule has 6 heteroatoms. The van der Waals surface area contributed by atoms with Crippen molar-refractivity contribution in [3.8, 4) is 0 Å². The number of thiazole rings is 1. The van der Waals surface area contributed by atoms with Crippen molar-refractivity contribution >= 4 is 21.2 Å². The minimum atomic E-state index is -2.88. The van der Waals surface area contributed by atoms with Crippen LogP contribution in [0.3, 0.4) is 0 Å². The Hall–Kier alpha value is -0.460. The molecule has 1 fully saturated rings. The number of aromatic nitrogens is 1. The third-order valence-electron chi connectivity index (χ3n) is 3.33. The topological polar surface area (TPSA) is 50.3 Å². The van der Waals surface area contributed by atoms with Gasteiger partial charge in [0.25, 0.3) is 0 Å². The van der Waals surface area contributed by atoms with Gasteiger partial charge in [0.05, 0.1) is 16.5 Å². The summed E-state index contributed by atoms with van der Waals surface area (Å²) < 4.78 is 23.4. The fraction of sp³-hybridized carbons (Fsp3) is 0.700. The number of sulfone groups is 1. The van der Waals surface area contributed by atoms with E-state index in [0.717, 1.165) is 6.54 Å². The molecule has 2 heterocycles. The van der Waals surface area contributed by atoms with E-state index in [9.17, 15) is 8.42 Å². The molecule has 0 bridgehead atoms. The zero-order valence-corrected chi connectivity index (χ0v) is 11.1. The molecule has 0 spiro atoms. The first-order valence-electron chi connectivity index (χ1n) is 5.33. The molecule has 1 aromatic rings. The number of nitrogens with zero attached hydrogens (tertiary/aromatic N) is 2. The maximum Gasteiger partial charge on any atom is 0.155 e. The molecule has 0 aliphatic carbocycles. The van der Waals surface area contributed by atoms with Crippen LogP contribution >= 0.6 is 11.3 Å². The first-order valence-corrected chi connectivity index (χ1v) is 7.93. The van der Waals surface area contributed by atoms with Gasteiger partial charge in [-0.25, -0.2) is 8.42 Å². The molecule has 0 aromatic carbocycles. The Morgan fingerprint density at radius 3 is 2.94 bits per heavy atom. The van der Waals surface area contributed by atoms with E-state index in [4.69, 9.17) is 0 Å². The van der Waals surface area contributed by atoms with Gasteiger partial charge in [-0.2, -0.15) is 0 Å². The van der Waals surface area contributed by atoms with Crippen LogP contribution in [0.5, 0.6) is 0 Å². The molecule has 4 nitrogen and oxygen atoms in total. The standard InChI is InChI=1S/C10H16N2O2S2/c1-8-9(2)16(13,14)4-3-12(8)6-10-5-11-7-15-10/h5,7-9H,3-4,6H2,1-2H3. The zero-order valence-electron chi connectivity index (χ0n) is 9.46. The molecule has 1 aliphatic rings. The summed E-state index contributed by atoms with van der Waals surface area (Å²) >= 11 is 1.62. The third-order valence-corrected chi connectivity index (χ3v) is 6.37. The van der Waals surface area contributed by atoms with E-state index in [1.807, 2.05) is 18.6 Å².